The average molecular weight is 304 g/mol. The van der Waals surface area contributed by atoms with Crippen LogP contribution in [0.25, 0.3) is 0 Å². The Morgan fingerprint density at radius 2 is 1.90 bits per heavy atom. The van der Waals surface area contributed by atoms with Crippen molar-refractivity contribution in [2.45, 2.75) is 26.3 Å². The Hall–Kier alpha value is -1.51. The molecule has 0 aliphatic carbocycles. The first kappa shape index (κ1) is 15.9. The van der Waals surface area contributed by atoms with Gasteiger partial charge >= 0.3 is 0 Å². The van der Waals surface area contributed by atoms with Gasteiger partial charge in [-0.1, -0.05) is 42.8 Å². The first-order chi connectivity index (χ1) is 10.2. The minimum Gasteiger partial charge on any atom is -0.494 e. The van der Waals surface area contributed by atoms with E-state index in [9.17, 15) is 0 Å². The van der Waals surface area contributed by atoms with Crippen LogP contribution in [-0.4, -0.2) is 13.2 Å². The summed E-state index contributed by atoms with van der Waals surface area (Å²) in [5.41, 5.74) is 2.47. The molecule has 21 heavy (non-hydrogen) atoms. The maximum absolute atomic E-state index is 6.08. The minimum atomic E-state index is 0.258. The van der Waals surface area contributed by atoms with Gasteiger partial charge in [0.2, 0.25) is 0 Å². The fourth-order valence-corrected chi connectivity index (χ4v) is 2.65. The third-order valence-corrected chi connectivity index (χ3v) is 3.59. The number of hydrogen-bond acceptors (Lipinski definition) is 2. The fourth-order valence-electron chi connectivity index (χ4n) is 2.44. The summed E-state index contributed by atoms with van der Waals surface area (Å²) in [5.74, 6) is 0.920. The second-order valence-electron chi connectivity index (χ2n) is 4.95. The van der Waals surface area contributed by atoms with Gasteiger partial charge < -0.3 is 10.1 Å². The summed E-state index contributed by atoms with van der Waals surface area (Å²) in [6.45, 7) is 5.73. The number of hydrogen-bond donors (Lipinski definition) is 1. The summed E-state index contributed by atoms with van der Waals surface area (Å²) >= 11 is 6.08. The molecular formula is C18H22ClNO. The summed E-state index contributed by atoms with van der Waals surface area (Å²) in [5, 5.41) is 4.32. The summed E-state index contributed by atoms with van der Waals surface area (Å²) in [7, 11) is 0. The highest BCUT2D eigenvalue weighted by molar-refractivity contribution is 6.30. The van der Waals surface area contributed by atoms with Crippen molar-refractivity contribution in [1.82, 2.24) is 5.32 Å². The van der Waals surface area contributed by atoms with Crippen molar-refractivity contribution < 1.29 is 4.74 Å². The van der Waals surface area contributed by atoms with Gasteiger partial charge in [-0.2, -0.15) is 0 Å². The molecule has 1 N–H and O–H groups in total. The van der Waals surface area contributed by atoms with Crippen LogP contribution in [0.5, 0.6) is 5.75 Å². The smallest absolute Gasteiger partial charge is 0.119 e. The molecule has 1 atom stereocenters. The monoisotopic (exact) mass is 303 g/mol. The van der Waals surface area contributed by atoms with Crippen molar-refractivity contribution in [3.8, 4) is 5.75 Å². The van der Waals surface area contributed by atoms with Crippen LogP contribution >= 0.6 is 11.6 Å². The molecule has 0 heterocycles. The molecule has 112 valence electrons. The average Bonchev–Trinajstić information content (AvgIpc) is 2.47. The van der Waals surface area contributed by atoms with Crippen LogP contribution < -0.4 is 10.1 Å². The number of nitrogens with one attached hydrogen (secondary N) is 1. The summed E-state index contributed by atoms with van der Waals surface area (Å²) < 4.78 is 5.60. The first-order valence-corrected chi connectivity index (χ1v) is 7.81. The van der Waals surface area contributed by atoms with E-state index in [-0.39, 0.29) is 6.04 Å². The highest BCUT2D eigenvalue weighted by Gasteiger charge is 2.12. The van der Waals surface area contributed by atoms with Crippen molar-refractivity contribution in [2.24, 2.45) is 0 Å². The predicted octanol–water partition coefficient (Wildman–Crippen LogP) is 4.63. The van der Waals surface area contributed by atoms with Gasteiger partial charge in [-0.3, -0.25) is 0 Å². The van der Waals surface area contributed by atoms with E-state index in [0.29, 0.717) is 6.61 Å². The first-order valence-electron chi connectivity index (χ1n) is 7.43. The molecule has 0 spiro atoms. The molecule has 2 rings (SSSR count). The SMILES string of the molecule is CCNC(Cc1cccc(Cl)c1)c1cccc(OCC)c1. The zero-order valence-corrected chi connectivity index (χ0v) is 13.4. The van der Waals surface area contributed by atoms with Gasteiger partial charge in [-0.05, 0) is 55.3 Å². The Kier molecular flexibility index (Phi) is 6.09. The molecule has 0 radical (unpaired) electrons. The van der Waals surface area contributed by atoms with Crippen LogP contribution in [-0.2, 0) is 6.42 Å². The summed E-state index contributed by atoms with van der Waals surface area (Å²) in [6.07, 6.45) is 0.907. The standard InChI is InChI=1S/C18H22ClNO/c1-3-20-18(12-14-7-5-9-16(19)11-14)15-8-6-10-17(13-15)21-4-2/h5-11,13,18,20H,3-4,12H2,1-2H3. The molecule has 0 amide bonds. The van der Waals surface area contributed by atoms with Gasteiger partial charge in [0.05, 0.1) is 6.61 Å². The van der Waals surface area contributed by atoms with E-state index in [1.807, 2.05) is 37.3 Å². The number of likely N-dealkylation sites (N-methyl/N-ethyl adjacent to an activating group) is 1. The summed E-state index contributed by atoms with van der Waals surface area (Å²) in [4.78, 5) is 0. The normalized spacial score (nSPS) is 12.1. The van der Waals surface area contributed by atoms with Crippen molar-refractivity contribution in [3.05, 3.63) is 64.7 Å². The third kappa shape index (κ3) is 4.76. The topological polar surface area (TPSA) is 21.3 Å². The van der Waals surface area contributed by atoms with Crippen molar-refractivity contribution in [3.63, 3.8) is 0 Å². The summed E-state index contributed by atoms with van der Waals surface area (Å²) in [6, 6.07) is 16.6. The third-order valence-electron chi connectivity index (χ3n) is 3.35. The quantitative estimate of drug-likeness (QED) is 0.805. The molecule has 2 aromatic carbocycles. The molecule has 1 unspecified atom stereocenters. The van der Waals surface area contributed by atoms with Crippen molar-refractivity contribution >= 4 is 11.6 Å². The fraction of sp³-hybridized carbons (Fsp3) is 0.333. The lowest BCUT2D eigenvalue weighted by Gasteiger charge is -2.19. The van der Waals surface area contributed by atoms with E-state index >= 15 is 0 Å². The maximum Gasteiger partial charge on any atom is 0.119 e. The van der Waals surface area contributed by atoms with E-state index in [1.165, 1.54) is 11.1 Å². The molecule has 0 aromatic heterocycles. The van der Waals surface area contributed by atoms with Crippen LogP contribution in [0, 0.1) is 0 Å². The van der Waals surface area contributed by atoms with Gasteiger partial charge in [0.1, 0.15) is 5.75 Å². The van der Waals surface area contributed by atoms with Gasteiger partial charge in [0.25, 0.3) is 0 Å². The number of benzene rings is 2. The van der Waals surface area contributed by atoms with Gasteiger partial charge in [-0.15, -0.1) is 0 Å². The molecule has 0 aliphatic rings. The van der Waals surface area contributed by atoms with Crippen molar-refractivity contribution in [2.75, 3.05) is 13.2 Å². The Balaban J connectivity index is 2.19. The van der Waals surface area contributed by atoms with E-state index in [0.717, 1.165) is 23.7 Å². The second-order valence-corrected chi connectivity index (χ2v) is 5.39. The number of halogens is 1. The van der Waals surface area contributed by atoms with Gasteiger partial charge in [0.15, 0.2) is 0 Å². The van der Waals surface area contributed by atoms with E-state index < -0.39 is 0 Å². The minimum absolute atomic E-state index is 0.258. The zero-order chi connectivity index (χ0) is 15.1. The molecular weight excluding hydrogens is 282 g/mol. The Morgan fingerprint density at radius 1 is 1.10 bits per heavy atom. The van der Waals surface area contributed by atoms with Crippen LogP contribution in [0.15, 0.2) is 48.5 Å². The molecule has 0 fully saturated rings. The van der Waals surface area contributed by atoms with E-state index in [2.05, 4.69) is 30.4 Å². The molecule has 3 heteroatoms. The molecule has 2 nitrogen and oxygen atoms in total. The highest BCUT2D eigenvalue weighted by atomic mass is 35.5. The highest BCUT2D eigenvalue weighted by Crippen LogP contribution is 2.23. The molecule has 0 bridgehead atoms. The van der Waals surface area contributed by atoms with Crippen molar-refractivity contribution in [1.29, 1.82) is 0 Å². The zero-order valence-electron chi connectivity index (χ0n) is 12.6. The molecule has 0 aliphatic heterocycles. The van der Waals surface area contributed by atoms with E-state index in [1.54, 1.807) is 0 Å². The number of rotatable bonds is 7. The lowest BCUT2D eigenvalue weighted by atomic mass is 9.98. The molecule has 2 aromatic rings. The van der Waals surface area contributed by atoms with Crippen LogP contribution in [0.4, 0.5) is 0 Å². The van der Waals surface area contributed by atoms with E-state index in [4.69, 9.17) is 16.3 Å². The number of ether oxygens (including phenoxy) is 1. The molecule has 0 saturated carbocycles. The van der Waals surface area contributed by atoms with Gasteiger partial charge in [-0.25, -0.2) is 0 Å². The Morgan fingerprint density at radius 3 is 2.62 bits per heavy atom. The molecule has 0 saturated heterocycles. The Bertz CT molecular complexity index is 571. The lowest BCUT2D eigenvalue weighted by molar-refractivity contribution is 0.339. The van der Waals surface area contributed by atoms with Crippen LogP contribution in [0.3, 0.4) is 0 Å². The lowest BCUT2D eigenvalue weighted by Crippen LogP contribution is -2.23. The largest absolute Gasteiger partial charge is 0.494 e. The van der Waals surface area contributed by atoms with Crippen LogP contribution in [0.2, 0.25) is 5.02 Å². The predicted molar refractivity (Wildman–Crippen MR) is 89.2 cm³/mol. The van der Waals surface area contributed by atoms with Crippen LogP contribution in [0.1, 0.15) is 31.0 Å². The Labute approximate surface area is 132 Å². The second kappa shape index (κ2) is 8.06. The maximum atomic E-state index is 6.08. The van der Waals surface area contributed by atoms with Gasteiger partial charge in [0, 0.05) is 11.1 Å².